The molecule has 0 saturated carbocycles. The Morgan fingerprint density at radius 3 is 3.06 bits per heavy atom. The Morgan fingerprint density at radius 1 is 1.67 bits per heavy atom. The van der Waals surface area contributed by atoms with Crippen LogP contribution in [0.5, 0.6) is 0 Å². The second-order valence-corrected chi connectivity index (χ2v) is 4.68. The van der Waals surface area contributed by atoms with Crippen molar-refractivity contribution in [2.24, 2.45) is 0 Å². The Kier molecular flexibility index (Phi) is 3.51. The first kappa shape index (κ1) is 12.8. The molecule has 2 aromatic rings. The van der Waals surface area contributed by atoms with Gasteiger partial charge in [0.1, 0.15) is 11.6 Å². The third-order valence-electron chi connectivity index (χ3n) is 2.54. The molecular formula is C11H13BrN4O2. The van der Waals surface area contributed by atoms with E-state index >= 15 is 0 Å². The number of imidazole rings is 1. The molecule has 0 aliphatic rings. The average molecular weight is 313 g/mol. The van der Waals surface area contributed by atoms with E-state index in [4.69, 9.17) is 10.5 Å². The molecule has 0 aliphatic heterocycles. The van der Waals surface area contributed by atoms with Crippen molar-refractivity contribution in [3.8, 4) is 0 Å². The predicted molar refractivity (Wildman–Crippen MR) is 71.0 cm³/mol. The van der Waals surface area contributed by atoms with Gasteiger partial charge in [-0.2, -0.15) is 0 Å². The molecule has 7 heteroatoms. The van der Waals surface area contributed by atoms with Gasteiger partial charge in [0.15, 0.2) is 5.65 Å². The Labute approximate surface area is 112 Å². The lowest BCUT2D eigenvalue weighted by Gasteiger charge is -2.13. The monoisotopic (exact) mass is 312 g/mol. The lowest BCUT2D eigenvalue weighted by atomic mass is 10.3. The van der Waals surface area contributed by atoms with Crippen LogP contribution in [0.3, 0.4) is 0 Å². The van der Waals surface area contributed by atoms with Crippen LogP contribution in [0.2, 0.25) is 0 Å². The highest BCUT2D eigenvalue weighted by molar-refractivity contribution is 9.10. The Morgan fingerprint density at radius 2 is 2.39 bits per heavy atom. The number of esters is 1. The number of halogens is 1. The summed E-state index contributed by atoms with van der Waals surface area (Å²) in [6, 6.07) is 1.25. The quantitative estimate of drug-likeness (QED) is 0.875. The molecule has 0 aromatic carbocycles. The highest BCUT2D eigenvalue weighted by atomic mass is 79.9. The minimum Gasteiger partial charge on any atom is -0.464 e. The number of aromatic nitrogens is 3. The van der Waals surface area contributed by atoms with E-state index < -0.39 is 6.04 Å². The summed E-state index contributed by atoms with van der Waals surface area (Å²) in [4.78, 5) is 20.1. The van der Waals surface area contributed by atoms with E-state index in [1.165, 1.54) is 0 Å². The maximum atomic E-state index is 11.7. The molecule has 1 unspecified atom stereocenters. The number of carbonyl (C=O) groups excluding carboxylic acids is 1. The highest BCUT2D eigenvalue weighted by Gasteiger charge is 2.22. The lowest BCUT2D eigenvalue weighted by Crippen LogP contribution is -2.20. The van der Waals surface area contributed by atoms with Gasteiger partial charge in [0.05, 0.1) is 6.61 Å². The van der Waals surface area contributed by atoms with Gasteiger partial charge < -0.3 is 10.5 Å². The Bertz CT molecular complexity index is 596. The van der Waals surface area contributed by atoms with Crippen molar-refractivity contribution in [3.63, 3.8) is 0 Å². The molecule has 2 aromatic heterocycles. The van der Waals surface area contributed by atoms with Crippen LogP contribution in [0.25, 0.3) is 11.2 Å². The zero-order chi connectivity index (χ0) is 13.3. The first-order valence-electron chi connectivity index (χ1n) is 5.50. The largest absolute Gasteiger partial charge is 0.464 e. The molecule has 0 radical (unpaired) electrons. The molecule has 0 spiro atoms. The van der Waals surface area contributed by atoms with Gasteiger partial charge >= 0.3 is 5.97 Å². The Hall–Kier alpha value is -1.63. The van der Waals surface area contributed by atoms with Gasteiger partial charge in [-0.1, -0.05) is 0 Å². The first-order chi connectivity index (χ1) is 8.54. The van der Waals surface area contributed by atoms with Crippen molar-refractivity contribution in [2.75, 3.05) is 12.3 Å². The van der Waals surface area contributed by atoms with Crippen LogP contribution in [0.15, 0.2) is 16.7 Å². The number of fused-ring (bicyclic) bond motifs is 1. The average Bonchev–Trinajstić information content (AvgIpc) is 2.63. The molecule has 0 aliphatic carbocycles. The van der Waals surface area contributed by atoms with Gasteiger partial charge in [0, 0.05) is 10.7 Å². The van der Waals surface area contributed by atoms with Crippen LogP contribution in [0.4, 0.5) is 5.95 Å². The molecule has 96 valence electrons. The van der Waals surface area contributed by atoms with Gasteiger partial charge in [-0.05, 0) is 35.8 Å². The normalized spacial score (nSPS) is 12.6. The van der Waals surface area contributed by atoms with E-state index in [0.29, 0.717) is 17.8 Å². The summed E-state index contributed by atoms with van der Waals surface area (Å²) in [7, 11) is 0. The van der Waals surface area contributed by atoms with E-state index in [1.54, 1.807) is 30.7 Å². The summed E-state index contributed by atoms with van der Waals surface area (Å²) >= 11 is 3.31. The number of nitrogens with zero attached hydrogens (tertiary/aromatic N) is 3. The van der Waals surface area contributed by atoms with Crippen LogP contribution in [-0.4, -0.2) is 27.1 Å². The highest BCUT2D eigenvalue weighted by Crippen LogP contribution is 2.23. The number of anilines is 1. The molecule has 0 saturated heterocycles. The van der Waals surface area contributed by atoms with Crippen LogP contribution in [0, 0.1) is 0 Å². The molecule has 0 fully saturated rings. The number of hydrogen-bond acceptors (Lipinski definition) is 5. The lowest BCUT2D eigenvalue weighted by molar-refractivity contribution is -0.146. The van der Waals surface area contributed by atoms with Crippen molar-refractivity contribution >= 4 is 39.0 Å². The van der Waals surface area contributed by atoms with Gasteiger partial charge in [-0.15, -0.1) is 0 Å². The summed E-state index contributed by atoms with van der Waals surface area (Å²) < 4.78 is 7.35. The maximum Gasteiger partial charge on any atom is 0.329 e. The van der Waals surface area contributed by atoms with Crippen molar-refractivity contribution in [2.45, 2.75) is 19.9 Å². The number of ether oxygens (including phenoxy) is 1. The molecule has 1 atom stereocenters. The smallest absolute Gasteiger partial charge is 0.329 e. The summed E-state index contributed by atoms with van der Waals surface area (Å²) in [5.41, 5.74) is 7.03. The molecule has 18 heavy (non-hydrogen) atoms. The fraction of sp³-hybridized carbons (Fsp3) is 0.364. The third-order valence-corrected chi connectivity index (χ3v) is 2.97. The second kappa shape index (κ2) is 4.93. The fourth-order valence-corrected chi connectivity index (χ4v) is 2.04. The fourth-order valence-electron chi connectivity index (χ4n) is 1.73. The van der Waals surface area contributed by atoms with Gasteiger partial charge in [-0.3, -0.25) is 4.57 Å². The zero-order valence-corrected chi connectivity index (χ0v) is 11.6. The molecule has 6 nitrogen and oxygen atoms in total. The summed E-state index contributed by atoms with van der Waals surface area (Å²) in [5.74, 6) is -0.107. The minimum atomic E-state index is -0.552. The van der Waals surface area contributed by atoms with Crippen LogP contribution in [-0.2, 0) is 9.53 Å². The number of rotatable bonds is 3. The van der Waals surface area contributed by atoms with Gasteiger partial charge in [-0.25, -0.2) is 14.8 Å². The Balaban J connectivity index is 2.50. The molecule has 2 N–H and O–H groups in total. The van der Waals surface area contributed by atoms with Gasteiger partial charge in [0.2, 0.25) is 5.95 Å². The summed E-state index contributed by atoms with van der Waals surface area (Å²) in [6.07, 6.45) is 1.64. The first-order valence-corrected chi connectivity index (χ1v) is 6.29. The molecular weight excluding hydrogens is 300 g/mol. The maximum absolute atomic E-state index is 11.7. The van der Waals surface area contributed by atoms with E-state index in [-0.39, 0.29) is 11.9 Å². The number of nitrogens with two attached hydrogens (primary N) is 1. The van der Waals surface area contributed by atoms with Crippen LogP contribution < -0.4 is 5.73 Å². The topological polar surface area (TPSA) is 83.0 Å². The summed E-state index contributed by atoms with van der Waals surface area (Å²) in [6.45, 7) is 3.79. The number of hydrogen-bond donors (Lipinski definition) is 1. The van der Waals surface area contributed by atoms with E-state index in [0.717, 1.165) is 4.47 Å². The zero-order valence-electron chi connectivity index (χ0n) is 10.1. The molecule has 2 rings (SSSR count). The van der Waals surface area contributed by atoms with Crippen molar-refractivity contribution in [3.05, 3.63) is 16.7 Å². The number of nitrogen functional groups attached to an aromatic ring is 1. The van der Waals surface area contributed by atoms with Crippen molar-refractivity contribution < 1.29 is 9.53 Å². The SMILES string of the molecule is CCOC(=O)C(C)n1c(N)nc2cc(Br)cnc21. The van der Waals surface area contributed by atoms with E-state index in [1.807, 2.05) is 0 Å². The summed E-state index contributed by atoms with van der Waals surface area (Å²) in [5, 5.41) is 0. The third kappa shape index (κ3) is 2.17. The van der Waals surface area contributed by atoms with Crippen LogP contribution in [0.1, 0.15) is 19.9 Å². The van der Waals surface area contributed by atoms with Gasteiger partial charge in [0.25, 0.3) is 0 Å². The van der Waals surface area contributed by atoms with E-state index in [9.17, 15) is 4.79 Å². The number of pyridine rings is 1. The molecule has 2 heterocycles. The molecule has 0 bridgehead atoms. The van der Waals surface area contributed by atoms with Crippen molar-refractivity contribution in [1.82, 2.24) is 14.5 Å². The number of carbonyl (C=O) groups is 1. The standard InChI is InChI=1S/C11H13BrN4O2/c1-3-18-10(17)6(2)16-9-8(15-11(16)13)4-7(12)5-14-9/h4-6H,3H2,1-2H3,(H2,13,15). The molecule has 0 amide bonds. The minimum absolute atomic E-state index is 0.246. The van der Waals surface area contributed by atoms with Crippen LogP contribution >= 0.6 is 15.9 Å². The van der Waals surface area contributed by atoms with E-state index in [2.05, 4.69) is 25.9 Å². The second-order valence-electron chi connectivity index (χ2n) is 3.76. The van der Waals surface area contributed by atoms with Crippen molar-refractivity contribution in [1.29, 1.82) is 0 Å². The predicted octanol–water partition coefficient (Wildman–Crippen LogP) is 1.90.